The standard InChI is InChI=1S/C15H18BrN5/c1-3-13-12(9-20(2)19-13)14-8-18-15(17)21(14)11-6-4-5-10(16)7-11/h4-7,9,14H,3,8H2,1-2H3,(H2,17,18). The van der Waals surface area contributed by atoms with Crippen molar-refractivity contribution in [3.05, 3.63) is 46.2 Å². The highest BCUT2D eigenvalue weighted by molar-refractivity contribution is 9.10. The van der Waals surface area contributed by atoms with Gasteiger partial charge in [-0.25, -0.2) is 0 Å². The number of hydrogen-bond donors (Lipinski definition) is 1. The minimum absolute atomic E-state index is 0.114. The fourth-order valence-corrected chi connectivity index (χ4v) is 3.17. The molecule has 1 aromatic carbocycles. The van der Waals surface area contributed by atoms with Crippen molar-refractivity contribution in [3.63, 3.8) is 0 Å². The smallest absolute Gasteiger partial charge is 0.196 e. The van der Waals surface area contributed by atoms with Gasteiger partial charge in [-0.3, -0.25) is 9.67 Å². The van der Waals surface area contributed by atoms with Crippen LogP contribution in [0.4, 0.5) is 5.69 Å². The van der Waals surface area contributed by atoms with Gasteiger partial charge < -0.3 is 10.6 Å². The van der Waals surface area contributed by atoms with E-state index in [0.29, 0.717) is 12.5 Å². The highest BCUT2D eigenvalue weighted by atomic mass is 79.9. The maximum Gasteiger partial charge on any atom is 0.196 e. The Labute approximate surface area is 132 Å². The number of nitrogens with zero attached hydrogens (tertiary/aromatic N) is 4. The third-order valence-corrected chi connectivity index (χ3v) is 4.20. The van der Waals surface area contributed by atoms with Crippen LogP contribution < -0.4 is 10.6 Å². The average Bonchev–Trinajstić information content (AvgIpc) is 3.01. The lowest BCUT2D eigenvalue weighted by Crippen LogP contribution is -2.36. The minimum Gasteiger partial charge on any atom is -0.369 e. The predicted molar refractivity (Wildman–Crippen MR) is 88.4 cm³/mol. The molecule has 1 aliphatic rings. The number of rotatable bonds is 3. The second kappa shape index (κ2) is 5.52. The van der Waals surface area contributed by atoms with Crippen LogP contribution in [0.2, 0.25) is 0 Å². The quantitative estimate of drug-likeness (QED) is 0.928. The molecule has 3 rings (SSSR count). The Morgan fingerprint density at radius 3 is 2.95 bits per heavy atom. The molecule has 0 bridgehead atoms. The van der Waals surface area contributed by atoms with E-state index >= 15 is 0 Å². The molecule has 1 atom stereocenters. The van der Waals surface area contributed by atoms with Gasteiger partial charge in [-0.05, 0) is 24.6 Å². The molecule has 0 spiro atoms. The summed E-state index contributed by atoms with van der Waals surface area (Å²) < 4.78 is 2.89. The highest BCUT2D eigenvalue weighted by Gasteiger charge is 2.31. The second-order valence-electron chi connectivity index (χ2n) is 5.12. The van der Waals surface area contributed by atoms with Gasteiger partial charge in [0, 0.05) is 29.0 Å². The molecule has 1 aliphatic heterocycles. The maximum atomic E-state index is 6.12. The zero-order valence-electron chi connectivity index (χ0n) is 12.1. The summed E-state index contributed by atoms with van der Waals surface area (Å²) >= 11 is 3.51. The fourth-order valence-electron chi connectivity index (χ4n) is 2.78. The topological polar surface area (TPSA) is 59.4 Å². The Morgan fingerprint density at radius 2 is 2.24 bits per heavy atom. The van der Waals surface area contributed by atoms with Crippen LogP contribution in [-0.4, -0.2) is 22.3 Å². The lowest BCUT2D eigenvalue weighted by Gasteiger charge is -2.26. The Morgan fingerprint density at radius 1 is 1.43 bits per heavy atom. The van der Waals surface area contributed by atoms with Gasteiger partial charge in [0.25, 0.3) is 0 Å². The van der Waals surface area contributed by atoms with Crippen LogP contribution in [-0.2, 0) is 13.5 Å². The first-order chi connectivity index (χ1) is 10.1. The Kier molecular flexibility index (Phi) is 3.71. The molecule has 6 heteroatoms. The molecule has 0 aliphatic carbocycles. The van der Waals surface area contributed by atoms with E-state index in [1.54, 1.807) is 0 Å². The van der Waals surface area contributed by atoms with Gasteiger partial charge in [-0.15, -0.1) is 0 Å². The zero-order chi connectivity index (χ0) is 15.0. The van der Waals surface area contributed by atoms with Gasteiger partial charge in [0.15, 0.2) is 5.96 Å². The number of nitrogens with two attached hydrogens (primary N) is 1. The molecule has 0 radical (unpaired) electrons. The molecule has 0 amide bonds. The number of benzene rings is 1. The Bertz CT molecular complexity index is 691. The van der Waals surface area contributed by atoms with E-state index in [2.05, 4.69) is 50.1 Å². The number of aliphatic imine (C=N–C) groups is 1. The van der Waals surface area contributed by atoms with Crippen molar-refractivity contribution in [2.24, 2.45) is 17.8 Å². The van der Waals surface area contributed by atoms with Crippen LogP contribution in [0.25, 0.3) is 0 Å². The molecule has 0 saturated carbocycles. The van der Waals surface area contributed by atoms with Gasteiger partial charge in [-0.1, -0.05) is 28.9 Å². The molecule has 2 aromatic rings. The number of halogens is 1. The first-order valence-corrected chi connectivity index (χ1v) is 7.76. The van der Waals surface area contributed by atoms with Crippen molar-refractivity contribution in [2.45, 2.75) is 19.4 Å². The molecular weight excluding hydrogens is 330 g/mol. The summed E-state index contributed by atoms with van der Waals surface area (Å²) in [6.07, 6.45) is 2.97. The van der Waals surface area contributed by atoms with E-state index < -0.39 is 0 Å². The summed E-state index contributed by atoms with van der Waals surface area (Å²) in [5.74, 6) is 0.559. The number of aromatic nitrogens is 2. The molecule has 0 saturated heterocycles. The van der Waals surface area contributed by atoms with Crippen molar-refractivity contribution in [3.8, 4) is 0 Å². The average molecular weight is 348 g/mol. The van der Waals surface area contributed by atoms with Crippen LogP contribution >= 0.6 is 15.9 Å². The van der Waals surface area contributed by atoms with E-state index in [4.69, 9.17) is 5.73 Å². The number of guanidine groups is 1. The molecule has 2 heterocycles. The monoisotopic (exact) mass is 347 g/mol. The summed E-state index contributed by atoms with van der Waals surface area (Å²) in [4.78, 5) is 6.52. The van der Waals surface area contributed by atoms with E-state index in [1.165, 1.54) is 5.56 Å². The van der Waals surface area contributed by atoms with E-state index in [0.717, 1.165) is 22.3 Å². The number of anilines is 1. The molecule has 0 fully saturated rings. The van der Waals surface area contributed by atoms with Gasteiger partial charge >= 0.3 is 0 Å². The SMILES string of the molecule is CCc1nn(C)cc1C1CN=C(N)N1c1cccc(Br)c1. The largest absolute Gasteiger partial charge is 0.369 e. The van der Waals surface area contributed by atoms with E-state index in [1.807, 2.05) is 29.9 Å². The summed E-state index contributed by atoms with van der Waals surface area (Å²) in [5, 5.41) is 4.53. The van der Waals surface area contributed by atoms with Gasteiger partial charge in [0.1, 0.15) is 0 Å². The summed E-state index contributed by atoms with van der Waals surface area (Å²) in [7, 11) is 1.95. The van der Waals surface area contributed by atoms with Crippen LogP contribution in [0.1, 0.15) is 24.2 Å². The van der Waals surface area contributed by atoms with Crippen molar-refractivity contribution in [1.29, 1.82) is 0 Å². The van der Waals surface area contributed by atoms with Crippen LogP contribution in [0.3, 0.4) is 0 Å². The minimum atomic E-state index is 0.114. The molecule has 1 aromatic heterocycles. The number of aryl methyl sites for hydroxylation is 2. The summed E-state index contributed by atoms with van der Waals surface area (Å²) in [6.45, 7) is 2.78. The van der Waals surface area contributed by atoms with Crippen LogP contribution in [0.15, 0.2) is 39.9 Å². The molecule has 5 nitrogen and oxygen atoms in total. The fraction of sp³-hybridized carbons (Fsp3) is 0.333. The third-order valence-electron chi connectivity index (χ3n) is 3.70. The zero-order valence-corrected chi connectivity index (χ0v) is 13.7. The Hall–Kier alpha value is -1.82. The van der Waals surface area contributed by atoms with Gasteiger partial charge in [-0.2, -0.15) is 5.10 Å². The third kappa shape index (κ3) is 2.55. The van der Waals surface area contributed by atoms with Crippen molar-refractivity contribution in [2.75, 3.05) is 11.4 Å². The van der Waals surface area contributed by atoms with E-state index in [9.17, 15) is 0 Å². The van der Waals surface area contributed by atoms with Crippen molar-refractivity contribution < 1.29 is 0 Å². The maximum absolute atomic E-state index is 6.12. The molecule has 110 valence electrons. The molecular formula is C15H18BrN5. The first-order valence-electron chi connectivity index (χ1n) is 6.97. The summed E-state index contributed by atoms with van der Waals surface area (Å²) in [6, 6.07) is 8.23. The highest BCUT2D eigenvalue weighted by Crippen LogP contribution is 2.33. The normalized spacial score (nSPS) is 18.1. The lowest BCUT2D eigenvalue weighted by molar-refractivity contribution is 0.746. The molecule has 2 N–H and O–H groups in total. The summed E-state index contributed by atoms with van der Waals surface area (Å²) in [5.41, 5.74) is 9.46. The van der Waals surface area contributed by atoms with Crippen LogP contribution in [0.5, 0.6) is 0 Å². The van der Waals surface area contributed by atoms with Crippen molar-refractivity contribution >= 4 is 27.6 Å². The Balaban J connectivity index is 2.03. The number of hydrogen-bond acceptors (Lipinski definition) is 4. The molecule has 1 unspecified atom stereocenters. The predicted octanol–water partition coefficient (Wildman–Crippen LogP) is 2.62. The van der Waals surface area contributed by atoms with Crippen LogP contribution in [0, 0.1) is 0 Å². The molecule has 21 heavy (non-hydrogen) atoms. The van der Waals surface area contributed by atoms with Gasteiger partial charge in [0.2, 0.25) is 0 Å². The van der Waals surface area contributed by atoms with E-state index in [-0.39, 0.29) is 6.04 Å². The lowest BCUT2D eigenvalue weighted by atomic mass is 10.1. The first kappa shape index (κ1) is 14.1. The van der Waals surface area contributed by atoms with Gasteiger partial charge in [0.05, 0.1) is 18.3 Å². The second-order valence-corrected chi connectivity index (χ2v) is 6.04. The van der Waals surface area contributed by atoms with Crippen molar-refractivity contribution in [1.82, 2.24) is 9.78 Å².